The molecule has 0 unspecified atom stereocenters. The first-order valence-corrected chi connectivity index (χ1v) is 13.1. The molecule has 1 aromatic carbocycles. The molecule has 0 atom stereocenters. The first kappa shape index (κ1) is 15.8. The molecule has 0 spiro atoms. The Morgan fingerprint density at radius 3 is 1.58 bits per heavy atom. The molecule has 1 N–H and O–H groups in total. The zero-order valence-electron chi connectivity index (χ0n) is 12.4. The Kier molecular flexibility index (Phi) is 4.47. The van der Waals surface area contributed by atoms with Crippen LogP contribution < -0.4 is 8.85 Å². The second-order valence-electron chi connectivity index (χ2n) is 6.36. The predicted octanol–water partition coefficient (Wildman–Crippen LogP) is 3.81. The fourth-order valence-corrected chi connectivity index (χ4v) is 3.21. The van der Waals surface area contributed by atoms with Gasteiger partial charge in [0.05, 0.1) is 0 Å². The van der Waals surface area contributed by atoms with Crippen LogP contribution in [0.25, 0.3) is 0 Å². The van der Waals surface area contributed by atoms with Gasteiger partial charge in [0, 0.05) is 0 Å². The van der Waals surface area contributed by atoms with Crippen LogP contribution in [0.2, 0.25) is 39.3 Å². The van der Waals surface area contributed by atoms with Gasteiger partial charge in [-0.05, 0) is 51.4 Å². The standard InChI is InChI=1S/C13H22O4Si2/c1-18(2,3)16-10-8-7-9-11(12(10)13(14)15)17-19(4,5)6/h7-9H,1-6H3,(H,14,15). The van der Waals surface area contributed by atoms with Crippen LogP contribution in [0.5, 0.6) is 11.5 Å². The van der Waals surface area contributed by atoms with Crippen molar-refractivity contribution in [3.63, 3.8) is 0 Å². The van der Waals surface area contributed by atoms with Gasteiger partial charge in [0.2, 0.25) is 16.6 Å². The maximum absolute atomic E-state index is 11.5. The second-order valence-corrected chi connectivity index (χ2v) is 15.2. The number of carbonyl (C=O) groups is 1. The Balaban J connectivity index is 3.26. The number of benzene rings is 1. The SMILES string of the molecule is C[Si](C)(C)Oc1cccc(O[Si](C)(C)C)c1C(=O)O. The molecule has 4 nitrogen and oxygen atoms in total. The molecule has 1 aromatic rings. The van der Waals surface area contributed by atoms with Crippen molar-refractivity contribution in [2.75, 3.05) is 0 Å². The highest BCUT2D eigenvalue weighted by atomic mass is 28.4. The molecule has 106 valence electrons. The van der Waals surface area contributed by atoms with Gasteiger partial charge in [-0.1, -0.05) is 6.07 Å². The van der Waals surface area contributed by atoms with Crippen molar-refractivity contribution in [2.45, 2.75) is 39.3 Å². The minimum atomic E-state index is -1.86. The zero-order chi connectivity index (χ0) is 14.8. The fourth-order valence-electron chi connectivity index (χ4n) is 1.55. The first-order chi connectivity index (χ1) is 8.49. The Morgan fingerprint density at radius 2 is 1.32 bits per heavy atom. The van der Waals surface area contributed by atoms with Crippen molar-refractivity contribution >= 4 is 22.6 Å². The Morgan fingerprint density at radius 1 is 0.947 bits per heavy atom. The molecular formula is C13H22O4Si2. The molecule has 0 aromatic heterocycles. The maximum atomic E-state index is 11.5. The van der Waals surface area contributed by atoms with E-state index in [1.165, 1.54) is 0 Å². The summed E-state index contributed by atoms with van der Waals surface area (Å²) in [5.41, 5.74) is 0.132. The normalized spacial score (nSPS) is 12.1. The largest absolute Gasteiger partial charge is 0.544 e. The summed E-state index contributed by atoms with van der Waals surface area (Å²) < 4.78 is 11.7. The third-order valence-corrected chi connectivity index (χ3v) is 3.70. The van der Waals surface area contributed by atoms with E-state index >= 15 is 0 Å². The summed E-state index contributed by atoms with van der Waals surface area (Å²) >= 11 is 0. The number of hydrogen-bond acceptors (Lipinski definition) is 3. The third kappa shape index (κ3) is 5.08. The van der Waals surface area contributed by atoms with Gasteiger partial charge in [-0.3, -0.25) is 0 Å². The molecule has 19 heavy (non-hydrogen) atoms. The van der Waals surface area contributed by atoms with Gasteiger partial charge in [-0.25, -0.2) is 4.79 Å². The second kappa shape index (κ2) is 5.38. The lowest BCUT2D eigenvalue weighted by molar-refractivity contribution is 0.0692. The highest BCUT2D eigenvalue weighted by molar-refractivity contribution is 6.71. The number of rotatable bonds is 5. The van der Waals surface area contributed by atoms with E-state index < -0.39 is 22.6 Å². The molecule has 6 heteroatoms. The molecule has 1 rings (SSSR count). The smallest absolute Gasteiger partial charge is 0.343 e. The van der Waals surface area contributed by atoms with Gasteiger partial charge in [0.25, 0.3) is 0 Å². The van der Waals surface area contributed by atoms with Gasteiger partial charge in [0.1, 0.15) is 17.1 Å². The highest BCUT2D eigenvalue weighted by Gasteiger charge is 2.26. The molecule has 0 aliphatic rings. The topological polar surface area (TPSA) is 55.8 Å². The lowest BCUT2D eigenvalue weighted by Gasteiger charge is -2.24. The molecule has 0 aliphatic heterocycles. The van der Waals surface area contributed by atoms with Crippen LogP contribution in [0.1, 0.15) is 10.4 Å². The van der Waals surface area contributed by atoms with Crippen LogP contribution in [0.4, 0.5) is 0 Å². The van der Waals surface area contributed by atoms with Gasteiger partial charge in [0.15, 0.2) is 0 Å². The summed E-state index contributed by atoms with van der Waals surface area (Å²) in [6.07, 6.45) is 0. The van der Waals surface area contributed by atoms with Crippen LogP contribution in [0.3, 0.4) is 0 Å². The number of carboxylic acids is 1. The number of aromatic carboxylic acids is 1. The summed E-state index contributed by atoms with van der Waals surface area (Å²) in [5.74, 6) is -0.202. The van der Waals surface area contributed by atoms with E-state index in [0.29, 0.717) is 11.5 Å². The summed E-state index contributed by atoms with van der Waals surface area (Å²) in [5, 5.41) is 9.41. The van der Waals surface area contributed by atoms with E-state index in [1.807, 2.05) is 39.3 Å². The molecule has 0 radical (unpaired) electrons. The van der Waals surface area contributed by atoms with E-state index in [-0.39, 0.29) is 5.56 Å². The first-order valence-electron chi connectivity index (χ1n) is 6.24. The van der Waals surface area contributed by atoms with Crippen molar-refractivity contribution in [1.29, 1.82) is 0 Å². The van der Waals surface area contributed by atoms with Crippen molar-refractivity contribution in [1.82, 2.24) is 0 Å². The quantitative estimate of drug-likeness (QED) is 0.840. The number of carboxylic acid groups (broad SMARTS) is 1. The van der Waals surface area contributed by atoms with Crippen LogP contribution in [-0.4, -0.2) is 27.7 Å². The third-order valence-electron chi connectivity index (χ3n) is 2.03. The predicted molar refractivity (Wildman–Crippen MR) is 81.3 cm³/mol. The molecule has 0 fully saturated rings. The van der Waals surface area contributed by atoms with Gasteiger partial charge >= 0.3 is 5.97 Å². The lowest BCUT2D eigenvalue weighted by Crippen LogP contribution is -2.32. The van der Waals surface area contributed by atoms with Crippen molar-refractivity contribution < 1.29 is 18.8 Å². The minimum absolute atomic E-state index is 0.132. The number of hydrogen-bond donors (Lipinski definition) is 1. The highest BCUT2D eigenvalue weighted by Crippen LogP contribution is 2.31. The monoisotopic (exact) mass is 298 g/mol. The van der Waals surface area contributed by atoms with Crippen LogP contribution in [0, 0.1) is 0 Å². The summed E-state index contributed by atoms with van der Waals surface area (Å²) in [6.45, 7) is 12.1. The van der Waals surface area contributed by atoms with E-state index in [2.05, 4.69) is 0 Å². The van der Waals surface area contributed by atoms with E-state index in [4.69, 9.17) is 8.85 Å². The van der Waals surface area contributed by atoms with Crippen LogP contribution >= 0.6 is 0 Å². The van der Waals surface area contributed by atoms with E-state index in [9.17, 15) is 9.90 Å². The molecule has 0 saturated heterocycles. The van der Waals surface area contributed by atoms with Crippen molar-refractivity contribution in [3.05, 3.63) is 23.8 Å². The summed E-state index contributed by atoms with van der Waals surface area (Å²) in [4.78, 5) is 11.5. The lowest BCUT2D eigenvalue weighted by atomic mass is 10.2. The molecule has 0 amide bonds. The average molecular weight is 298 g/mol. The fraction of sp³-hybridized carbons (Fsp3) is 0.462. The van der Waals surface area contributed by atoms with Gasteiger partial charge in [-0.2, -0.15) is 0 Å². The van der Waals surface area contributed by atoms with E-state index in [1.54, 1.807) is 18.2 Å². The van der Waals surface area contributed by atoms with Crippen molar-refractivity contribution in [2.24, 2.45) is 0 Å². The molecule has 0 aliphatic carbocycles. The Bertz CT molecular complexity index is 438. The minimum Gasteiger partial charge on any atom is -0.544 e. The van der Waals surface area contributed by atoms with Crippen LogP contribution in [-0.2, 0) is 0 Å². The molecule has 0 saturated carbocycles. The maximum Gasteiger partial charge on any atom is 0.343 e. The van der Waals surface area contributed by atoms with E-state index in [0.717, 1.165) is 0 Å². The molecular weight excluding hydrogens is 276 g/mol. The molecule has 0 bridgehead atoms. The molecule has 0 heterocycles. The van der Waals surface area contributed by atoms with Gasteiger partial charge < -0.3 is 14.0 Å². The van der Waals surface area contributed by atoms with Gasteiger partial charge in [-0.15, -0.1) is 0 Å². The van der Waals surface area contributed by atoms with Crippen LogP contribution in [0.15, 0.2) is 18.2 Å². The summed E-state index contributed by atoms with van der Waals surface area (Å²) in [6, 6.07) is 5.16. The van der Waals surface area contributed by atoms with Crippen molar-refractivity contribution in [3.8, 4) is 11.5 Å². The average Bonchev–Trinajstić information content (AvgIpc) is 2.11. The zero-order valence-corrected chi connectivity index (χ0v) is 14.4. The summed E-state index contributed by atoms with van der Waals surface area (Å²) in [7, 11) is -3.73. The Hall–Kier alpha value is -1.28. The Labute approximate surface area is 116 Å².